The fourth-order valence-corrected chi connectivity index (χ4v) is 5.49. The molecule has 1 aliphatic rings. The van der Waals surface area contributed by atoms with Crippen molar-refractivity contribution >= 4 is 15.9 Å². The van der Waals surface area contributed by atoms with E-state index in [9.17, 15) is 17.2 Å². The van der Waals surface area contributed by atoms with Crippen molar-refractivity contribution in [2.75, 3.05) is 30.5 Å². The second-order valence-electron chi connectivity index (χ2n) is 8.43. The molecule has 0 unspecified atom stereocenters. The summed E-state index contributed by atoms with van der Waals surface area (Å²) in [6.45, 7) is 5.74. The van der Waals surface area contributed by atoms with E-state index in [1.54, 1.807) is 30.3 Å². The topological polar surface area (TPSA) is 82.8 Å². The number of rotatable bonds is 8. The molecular weight excluding hydrogens is 483 g/mol. The molecule has 12 heteroatoms. The summed E-state index contributed by atoms with van der Waals surface area (Å²) in [5, 5.41) is 6.77. The van der Waals surface area contributed by atoms with Crippen molar-refractivity contribution in [3.8, 4) is 11.5 Å². The number of para-hydroxylation sites is 1. The molecule has 0 aliphatic carbocycles. The molecule has 0 spiro atoms. The summed E-state index contributed by atoms with van der Waals surface area (Å²) in [5.41, 5.74) is 0.626. The van der Waals surface area contributed by atoms with Gasteiger partial charge in [0.05, 0.1) is 12.2 Å². The van der Waals surface area contributed by atoms with Crippen molar-refractivity contribution in [1.29, 1.82) is 0 Å². The van der Waals surface area contributed by atoms with Crippen LogP contribution in [0.25, 0.3) is 11.5 Å². The Kier molecular flexibility index (Phi) is 7.43. The van der Waals surface area contributed by atoms with E-state index in [1.807, 2.05) is 0 Å². The van der Waals surface area contributed by atoms with Crippen LogP contribution < -0.4 is 4.31 Å². The van der Waals surface area contributed by atoms with E-state index < -0.39 is 28.3 Å². The molecule has 0 amide bonds. The maximum atomic E-state index is 15.1. The van der Waals surface area contributed by atoms with Gasteiger partial charge < -0.3 is 4.42 Å². The van der Waals surface area contributed by atoms with Gasteiger partial charge in [0.25, 0.3) is 5.89 Å². The summed E-state index contributed by atoms with van der Waals surface area (Å²) in [5.74, 6) is -1.83. The minimum absolute atomic E-state index is 0.107. The van der Waals surface area contributed by atoms with Gasteiger partial charge >= 0.3 is 16.6 Å². The molecule has 2 aromatic carbocycles. The van der Waals surface area contributed by atoms with Crippen LogP contribution in [0.2, 0.25) is 0 Å². The van der Waals surface area contributed by atoms with Gasteiger partial charge in [-0.2, -0.15) is 21.5 Å². The number of aromatic nitrogens is 2. The number of hydrogen-bond acceptors (Lipinski definition) is 6. The zero-order chi connectivity index (χ0) is 25.2. The molecule has 0 N–H and O–H groups in total. The SMILES string of the molecule is CC(C)N1CCN(S(=O)(=O)N(Cc2ccc(-c3nnc(C(F)F)o3)cc2F)c2ccccc2)CC1. The van der Waals surface area contributed by atoms with Gasteiger partial charge in [-0.3, -0.25) is 9.21 Å². The Morgan fingerprint density at radius 1 is 1.03 bits per heavy atom. The molecule has 0 atom stereocenters. The molecule has 1 aliphatic heterocycles. The molecule has 0 bridgehead atoms. The van der Waals surface area contributed by atoms with Crippen LogP contribution >= 0.6 is 0 Å². The standard InChI is InChI=1S/C23H26F3N5O3S/c1-16(2)29-10-12-30(13-11-29)35(32,33)31(19-6-4-3-5-7-19)15-18-9-8-17(14-20(18)24)22-27-28-23(34-22)21(25)26/h3-9,14,16,21H,10-13,15H2,1-2H3. The first-order valence-corrected chi connectivity index (χ1v) is 12.5. The molecule has 1 aromatic heterocycles. The maximum Gasteiger partial charge on any atom is 0.314 e. The number of hydrogen-bond donors (Lipinski definition) is 0. The molecule has 3 aromatic rings. The summed E-state index contributed by atoms with van der Waals surface area (Å²) >= 11 is 0. The van der Waals surface area contributed by atoms with Crippen LogP contribution in [0, 0.1) is 5.82 Å². The third kappa shape index (κ3) is 5.49. The van der Waals surface area contributed by atoms with Crippen LogP contribution in [0.1, 0.15) is 31.7 Å². The van der Waals surface area contributed by atoms with Crippen LogP contribution in [-0.4, -0.2) is 60.0 Å². The molecule has 1 saturated heterocycles. The van der Waals surface area contributed by atoms with Gasteiger partial charge in [-0.15, -0.1) is 10.2 Å². The first kappa shape index (κ1) is 25.1. The maximum absolute atomic E-state index is 15.1. The number of alkyl halides is 2. The first-order chi connectivity index (χ1) is 16.7. The minimum atomic E-state index is -3.96. The molecule has 35 heavy (non-hydrogen) atoms. The zero-order valence-corrected chi connectivity index (χ0v) is 20.1. The van der Waals surface area contributed by atoms with Gasteiger partial charge in [-0.25, -0.2) is 4.39 Å². The summed E-state index contributed by atoms with van der Waals surface area (Å²) in [4.78, 5) is 2.20. The van der Waals surface area contributed by atoms with Gasteiger partial charge in [-0.1, -0.05) is 24.3 Å². The molecule has 0 radical (unpaired) electrons. The lowest BCUT2D eigenvalue weighted by molar-refractivity contribution is 0.116. The van der Waals surface area contributed by atoms with Gasteiger partial charge in [0.2, 0.25) is 5.89 Å². The van der Waals surface area contributed by atoms with Crippen molar-refractivity contribution in [2.45, 2.75) is 32.9 Å². The molecule has 188 valence electrons. The van der Waals surface area contributed by atoms with Crippen LogP contribution in [0.4, 0.5) is 18.9 Å². The quantitative estimate of drug-likeness (QED) is 0.455. The summed E-state index contributed by atoms with van der Waals surface area (Å²) in [6.07, 6.45) is -2.94. The third-order valence-electron chi connectivity index (χ3n) is 5.89. The summed E-state index contributed by atoms with van der Waals surface area (Å²) in [6, 6.07) is 12.7. The lowest BCUT2D eigenvalue weighted by atomic mass is 10.1. The largest absolute Gasteiger partial charge is 0.415 e. The fraction of sp³-hybridized carbons (Fsp3) is 0.391. The highest BCUT2D eigenvalue weighted by atomic mass is 32.2. The summed E-state index contributed by atoms with van der Waals surface area (Å²) in [7, 11) is -3.96. The predicted octanol–water partition coefficient (Wildman–Crippen LogP) is 4.09. The highest BCUT2D eigenvalue weighted by molar-refractivity contribution is 7.90. The van der Waals surface area contributed by atoms with E-state index in [-0.39, 0.29) is 23.6 Å². The Bertz CT molecular complexity index is 1250. The average Bonchev–Trinajstić information content (AvgIpc) is 3.34. The number of anilines is 1. The Morgan fingerprint density at radius 2 is 1.71 bits per heavy atom. The Morgan fingerprint density at radius 3 is 2.29 bits per heavy atom. The van der Waals surface area contributed by atoms with Crippen molar-refractivity contribution in [3.63, 3.8) is 0 Å². The van der Waals surface area contributed by atoms with E-state index >= 15 is 4.39 Å². The normalized spacial score (nSPS) is 15.7. The first-order valence-electron chi connectivity index (χ1n) is 11.1. The lowest BCUT2D eigenvalue weighted by Crippen LogP contribution is -2.54. The number of halogens is 3. The monoisotopic (exact) mass is 509 g/mol. The Hall–Kier alpha value is -2.96. The van der Waals surface area contributed by atoms with E-state index in [4.69, 9.17) is 4.42 Å². The lowest BCUT2D eigenvalue weighted by Gasteiger charge is -2.38. The number of benzene rings is 2. The average molecular weight is 510 g/mol. The molecule has 0 saturated carbocycles. The molecule has 1 fully saturated rings. The molecular formula is C23H26F3N5O3S. The van der Waals surface area contributed by atoms with E-state index in [1.165, 1.54) is 20.7 Å². The van der Waals surface area contributed by atoms with Crippen molar-refractivity contribution < 1.29 is 26.0 Å². The second-order valence-corrected chi connectivity index (χ2v) is 10.3. The predicted molar refractivity (Wildman–Crippen MR) is 124 cm³/mol. The fourth-order valence-electron chi connectivity index (χ4n) is 3.89. The van der Waals surface area contributed by atoms with Gasteiger partial charge in [0, 0.05) is 43.3 Å². The molecule has 4 rings (SSSR count). The van der Waals surface area contributed by atoms with Gasteiger partial charge in [-0.05, 0) is 38.1 Å². The van der Waals surface area contributed by atoms with Crippen LogP contribution in [0.3, 0.4) is 0 Å². The highest BCUT2D eigenvalue weighted by Gasteiger charge is 2.33. The van der Waals surface area contributed by atoms with Gasteiger partial charge in [0.15, 0.2) is 0 Å². The van der Waals surface area contributed by atoms with Crippen LogP contribution in [-0.2, 0) is 16.8 Å². The van der Waals surface area contributed by atoms with Crippen molar-refractivity contribution in [2.24, 2.45) is 0 Å². The molecule has 2 heterocycles. The zero-order valence-electron chi connectivity index (χ0n) is 19.3. The van der Waals surface area contributed by atoms with Crippen LogP contribution in [0.5, 0.6) is 0 Å². The van der Waals surface area contributed by atoms with Gasteiger partial charge in [0.1, 0.15) is 5.82 Å². The summed E-state index contributed by atoms with van der Waals surface area (Å²) < 4.78 is 75.3. The second kappa shape index (κ2) is 10.3. The third-order valence-corrected chi connectivity index (χ3v) is 7.81. The highest BCUT2D eigenvalue weighted by Crippen LogP contribution is 2.28. The van der Waals surface area contributed by atoms with E-state index in [2.05, 4.69) is 28.9 Å². The van der Waals surface area contributed by atoms with Crippen molar-refractivity contribution in [1.82, 2.24) is 19.4 Å². The van der Waals surface area contributed by atoms with Crippen molar-refractivity contribution in [3.05, 3.63) is 65.8 Å². The number of nitrogens with zero attached hydrogens (tertiary/aromatic N) is 5. The molecule has 8 nitrogen and oxygen atoms in total. The van der Waals surface area contributed by atoms with E-state index in [0.29, 0.717) is 37.9 Å². The number of piperazine rings is 1. The van der Waals surface area contributed by atoms with E-state index in [0.717, 1.165) is 6.07 Å². The Labute approximate surface area is 202 Å². The Balaban J connectivity index is 1.61. The smallest absolute Gasteiger partial charge is 0.314 e. The minimum Gasteiger partial charge on any atom is -0.415 e. The van der Waals surface area contributed by atoms with Crippen LogP contribution in [0.15, 0.2) is 52.9 Å².